The fourth-order valence-electron chi connectivity index (χ4n) is 3.15. The number of carbonyl (C=O) groups excluding carboxylic acids is 1. The summed E-state index contributed by atoms with van der Waals surface area (Å²) in [5, 5.41) is 0. The monoisotopic (exact) mass is 360 g/mol. The Hall–Kier alpha value is -2.22. The molecular formula is C18H20N2O4S. The van der Waals surface area contributed by atoms with Crippen molar-refractivity contribution in [3.8, 4) is 0 Å². The highest BCUT2D eigenvalue weighted by Gasteiger charge is 2.39. The zero-order valence-electron chi connectivity index (χ0n) is 13.8. The average Bonchev–Trinajstić information content (AvgIpc) is 3.04. The normalized spacial score (nSPS) is 21.2. The molecule has 1 saturated heterocycles. The second-order valence-electron chi connectivity index (χ2n) is 5.99. The number of benzene rings is 2. The summed E-state index contributed by atoms with van der Waals surface area (Å²) in [6.07, 6.45) is 0. The molecule has 0 aromatic heterocycles. The van der Waals surface area contributed by atoms with E-state index in [1.165, 1.54) is 23.5 Å². The first-order chi connectivity index (χ1) is 11.9. The summed E-state index contributed by atoms with van der Waals surface area (Å²) in [4.78, 5) is 11.9. The summed E-state index contributed by atoms with van der Waals surface area (Å²) in [6.45, 7) is 0.487. The number of ether oxygens (including phenoxy) is 1. The van der Waals surface area contributed by atoms with Gasteiger partial charge in [-0.15, -0.1) is 0 Å². The van der Waals surface area contributed by atoms with Gasteiger partial charge in [-0.3, -0.25) is 0 Å². The smallest absolute Gasteiger partial charge is 0.339 e. The molecule has 2 N–H and O–H groups in total. The fourth-order valence-corrected chi connectivity index (χ4v) is 4.83. The van der Waals surface area contributed by atoms with Crippen molar-refractivity contribution in [3.63, 3.8) is 0 Å². The van der Waals surface area contributed by atoms with Gasteiger partial charge in [0.1, 0.15) is 0 Å². The molecule has 2 atom stereocenters. The lowest BCUT2D eigenvalue weighted by Crippen LogP contribution is -2.33. The predicted octanol–water partition coefficient (Wildman–Crippen LogP) is 1.59. The van der Waals surface area contributed by atoms with Crippen LogP contribution in [0.2, 0.25) is 0 Å². The fraction of sp³-hybridized carbons (Fsp3) is 0.278. The third-order valence-electron chi connectivity index (χ3n) is 4.47. The molecule has 0 amide bonds. The highest BCUT2D eigenvalue weighted by molar-refractivity contribution is 7.89. The quantitative estimate of drug-likeness (QED) is 0.836. The maximum absolute atomic E-state index is 13.1. The number of carbonyl (C=O) groups is 1. The Labute approximate surface area is 147 Å². The van der Waals surface area contributed by atoms with Crippen LogP contribution in [-0.2, 0) is 14.8 Å². The standard InChI is InChI=1S/C18H20N2O4S/c1-24-18(21)14-9-5-6-10-17(14)25(22,23)20-11-15(16(19)12-20)13-7-3-2-4-8-13/h2-10,15-16H,11-12,19H2,1H3/t15-,16+/m0/s1. The van der Waals surface area contributed by atoms with E-state index in [0.29, 0.717) is 0 Å². The van der Waals surface area contributed by atoms with E-state index in [-0.39, 0.29) is 35.5 Å². The third-order valence-corrected chi connectivity index (χ3v) is 6.36. The largest absolute Gasteiger partial charge is 0.465 e. The Morgan fingerprint density at radius 2 is 1.72 bits per heavy atom. The molecule has 3 rings (SSSR count). The number of rotatable bonds is 4. The number of nitrogens with zero attached hydrogens (tertiary/aromatic N) is 1. The van der Waals surface area contributed by atoms with Gasteiger partial charge < -0.3 is 10.5 Å². The van der Waals surface area contributed by atoms with Gasteiger partial charge >= 0.3 is 5.97 Å². The van der Waals surface area contributed by atoms with Crippen LogP contribution in [-0.4, -0.2) is 44.9 Å². The molecule has 1 heterocycles. The SMILES string of the molecule is COC(=O)c1ccccc1S(=O)(=O)N1C[C@@H](N)[C@H](c2ccccc2)C1. The average molecular weight is 360 g/mol. The summed E-state index contributed by atoms with van der Waals surface area (Å²) in [5.41, 5.74) is 7.24. The molecule has 1 aliphatic heterocycles. The van der Waals surface area contributed by atoms with E-state index in [2.05, 4.69) is 0 Å². The molecule has 1 fully saturated rings. The Morgan fingerprint density at radius 3 is 2.40 bits per heavy atom. The van der Waals surface area contributed by atoms with Crippen LogP contribution in [0.15, 0.2) is 59.5 Å². The molecule has 0 radical (unpaired) electrons. The van der Waals surface area contributed by atoms with Crippen molar-refractivity contribution in [1.82, 2.24) is 4.31 Å². The van der Waals surface area contributed by atoms with E-state index < -0.39 is 16.0 Å². The second-order valence-corrected chi connectivity index (χ2v) is 7.90. The lowest BCUT2D eigenvalue weighted by Gasteiger charge is -2.18. The van der Waals surface area contributed by atoms with Crippen molar-refractivity contribution >= 4 is 16.0 Å². The Balaban J connectivity index is 1.94. The topological polar surface area (TPSA) is 89.7 Å². The minimum absolute atomic E-state index is 0.0294. The van der Waals surface area contributed by atoms with Crippen molar-refractivity contribution in [1.29, 1.82) is 0 Å². The summed E-state index contributed by atoms with van der Waals surface area (Å²) >= 11 is 0. The van der Waals surface area contributed by atoms with Crippen LogP contribution in [0, 0.1) is 0 Å². The molecule has 2 aromatic rings. The number of nitrogens with two attached hydrogens (primary N) is 1. The van der Waals surface area contributed by atoms with Crippen molar-refractivity contribution < 1.29 is 17.9 Å². The molecule has 0 spiro atoms. The van der Waals surface area contributed by atoms with Crippen LogP contribution >= 0.6 is 0 Å². The van der Waals surface area contributed by atoms with Crippen molar-refractivity contribution in [2.45, 2.75) is 16.9 Å². The number of methoxy groups -OCH3 is 1. The molecule has 0 unspecified atom stereocenters. The van der Waals surface area contributed by atoms with Gasteiger partial charge in [0.25, 0.3) is 0 Å². The highest BCUT2D eigenvalue weighted by Crippen LogP contribution is 2.31. The maximum atomic E-state index is 13.1. The lowest BCUT2D eigenvalue weighted by atomic mass is 9.95. The minimum atomic E-state index is -3.85. The predicted molar refractivity (Wildman–Crippen MR) is 93.7 cm³/mol. The van der Waals surface area contributed by atoms with E-state index >= 15 is 0 Å². The number of esters is 1. The van der Waals surface area contributed by atoms with Gasteiger partial charge in [0.15, 0.2) is 0 Å². The van der Waals surface area contributed by atoms with Crippen LogP contribution in [0.5, 0.6) is 0 Å². The molecule has 2 aromatic carbocycles. The number of sulfonamides is 1. The van der Waals surface area contributed by atoms with Crippen molar-refractivity contribution in [3.05, 3.63) is 65.7 Å². The van der Waals surface area contributed by atoms with Crippen LogP contribution in [0.4, 0.5) is 0 Å². The number of hydrogen-bond donors (Lipinski definition) is 1. The first-order valence-electron chi connectivity index (χ1n) is 7.93. The molecule has 132 valence electrons. The van der Waals surface area contributed by atoms with Crippen LogP contribution in [0.1, 0.15) is 21.8 Å². The molecule has 1 aliphatic rings. The van der Waals surface area contributed by atoms with E-state index in [1.807, 2.05) is 30.3 Å². The molecule has 0 saturated carbocycles. The zero-order chi connectivity index (χ0) is 18.0. The van der Waals surface area contributed by atoms with Crippen LogP contribution in [0.3, 0.4) is 0 Å². The second kappa shape index (κ2) is 6.95. The summed E-state index contributed by atoms with van der Waals surface area (Å²) < 4.78 is 32.2. The maximum Gasteiger partial charge on any atom is 0.339 e. The molecule has 7 heteroatoms. The summed E-state index contributed by atoms with van der Waals surface area (Å²) in [6, 6.07) is 15.4. The summed E-state index contributed by atoms with van der Waals surface area (Å²) in [5.74, 6) is -0.761. The van der Waals surface area contributed by atoms with Gasteiger partial charge in [-0.1, -0.05) is 42.5 Å². The molecule has 6 nitrogen and oxygen atoms in total. The van der Waals surface area contributed by atoms with Gasteiger partial charge in [0, 0.05) is 25.0 Å². The van der Waals surface area contributed by atoms with E-state index in [4.69, 9.17) is 10.5 Å². The minimum Gasteiger partial charge on any atom is -0.465 e. The molecule has 25 heavy (non-hydrogen) atoms. The van der Waals surface area contributed by atoms with E-state index in [0.717, 1.165) is 5.56 Å². The van der Waals surface area contributed by atoms with E-state index in [1.54, 1.807) is 12.1 Å². The van der Waals surface area contributed by atoms with Crippen molar-refractivity contribution in [2.24, 2.45) is 5.73 Å². The molecular weight excluding hydrogens is 340 g/mol. The third kappa shape index (κ3) is 3.30. The first kappa shape index (κ1) is 17.6. The summed E-state index contributed by atoms with van der Waals surface area (Å²) in [7, 11) is -2.62. The Bertz CT molecular complexity index is 868. The van der Waals surface area contributed by atoms with Crippen LogP contribution < -0.4 is 5.73 Å². The van der Waals surface area contributed by atoms with Gasteiger partial charge in [0.2, 0.25) is 10.0 Å². The van der Waals surface area contributed by atoms with Gasteiger partial charge in [-0.25, -0.2) is 13.2 Å². The highest BCUT2D eigenvalue weighted by atomic mass is 32.2. The van der Waals surface area contributed by atoms with Gasteiger partial charge in [-0.2, -0.15) is 4.31 Å². The van der Waals surface area contributed by atoms with Crippen LogP contribution in [0.25, 0.3) is 0 Å². The zero-order valence-corrected chi connectivity index (χ0v) is 14.6. The lowest BCUT2D eigenvalue weighted by molar-refractivity contribution is 0.0596. The molecule has 0 bridgehead atoms. The van der Waals surface area contributed by atoms with Gasteiger partial charge in [-0.05, 0) is 17.7 Å². The Morgan fingerprint density at radius 1 is 1.08 bits per heavy atom. The van der Waals surface area contributed by atoms with Gasteiger partial charge in [0.05, 0.1) is 17.6 Å². The van der Waals surface area contributed by atoms with E-state index in [9.17, 15) is 13.2 Å². The molecule has 0 aliphatic carbocycles. The van der Waals surface area contributed by atoms with Crippen molar-refractivity contribution in [2.75, 3.05) is 20.2 Å². The Kier molecular flexibility index (Phi) is 4.89. The number of hydrogen-bond acceptors (Lipinski definition) is 5. The first-order valence-corrected chi connectivity index (χ1v) is 9.37.